The Morgan fingerprint density at radius 1 is 1.23 bits per heavy atom. The Morgan fingerprint density at radius 3 is 2.67 bits per heavy atom. The minimum absolute atomic E-state index is 0.0751. The second kappa shape index (κ2) is 8.78. The third kappa shape index (κ3) is 4.93. The molecule has 1 aliphatic rings. The molecule has 1 saturated heterocycles. The van der Waals surface area contributed by atoms with E-state index < -0.39 is 17.0 Å². The Morgan fingerprint density at radius 2 is 1.97 bits per heavy atom. The number of para-hydroxylation sites is 2. The number of aliphatic imine (C=N–C) groups is 1. The molecule has 3 rings (SSSR count). The summed E-state index contributed by atoms with van der Waals surface area (Å²) in [6.07, 6.45) is -4.60. The standard InChI is InChI=1S/C20H18F3N3O3S/c1-26-18(28)16(11-17(27)25-14-8-3-4-9-15(14)29-2)30-19(26)24-13-7-5-6-12(10-13)20(21,22)23/h3-10,16H,11H2,1-2H3,(H,25,27). The van der Waals surface area contributed by atoms with Crippen LogP contribution >= 0.6 is 11.8 Å². The van der Waals surface area contributed by atoms with Gasteiger partial charge in [-0.15, -0.1) is 0 Å². The number of thioether (sulfide) groups is 1. The number of methoxy groups -OCH3 is 1. The highest BCUT2D eigenvalue weighted by Gasteiger charge is 2.37. The zero-order valence-electron chi connectivity index (χ0n) is 16.1. The lowest BCUT2D eigenvalue weighted by atomic mass is 10.2. The van der Waals surface area contributed by atoms with Gasteiger partial charge in [0.2, 0.25) is 11.8 Å². The number of nitrogens with one attached hydrogen (secondary N) is 1. The summed E-state index contributed by atoms with van der Waals surface area (Å²) < 4.78 is 43.8. The van der Waals surface area contributed by atoms with E-state index >= 15 is 0 Å². The number of ether oxygens (including phenoxy) is 1. The molecule has 0 bridgehead atoms. The first kappa shape index (κ1) is 21.7. The maximum Gasteiger partial charge on any atom is 0.416 e. The van der Waals surface area contributed by atoms with Crippen molar-refractivity contribution in [3.63, 3.8) is 0 Å². The molecule has 1 fully saturated rings. The molecule has 2 amide bonds. The highest BCUT2D eigenvalue weighted by atomic mass is 32.2. The predicted octanol–water partition coefficient (Wildman–Crippen LogP) is 4.30. The van der Waals surface area contributed by atoms with Crippen molar-refractivity contribution in [1.82, 2.24) is 4.90 Å². The second-order valence-electron chi connectivity index (χ2n) is 6.40. The largest absolute Gasteiger partial charge is 0.495 e. The molecule has 0 spiro atoms. The maximum absolute atomic E-state index is 12.9. The fraction of sp³-hybridized carbons (Fsp3) is 0.250. The molecular formula is C20H18F3N3O3S. The summed E-state index contributed by atoms with van der Waals surface area (Å²) in [5.74, 6) is -0.250. The summed E-state index contributed by atoms with van der Waals surface area (Å²) >= 11 is 1.04. The number of hydrogen-bond donors (Lipinski definition) is 1. The normalized spacial score (nSPS) is 18.0. The van der Waals surface area contributed by atoms with Crippen molar-refractivity contribution < 1.29 is 27.5 Å². The van der Waals surface area contributed by atoms with E-state index in [0.717, 1.165) is 23.9 Å². The number of hydrogen-bond acceptors (Lipinski definition) is 5. The van der Waals surface area contributed by atoms with Gasteiger partial charge < -0.3 is 10.1 Å². The van der Waals surface area contributed by atoms with Crippen LogP contribution in [0.15, 0.2) is 53.5 Å². The number of anilines is 1. The molecule has 6 nitrogen and oxygen atoms in total. The number of carbonyl (C=O) groups excluding carboxylic acids is 2. The van der Waals surface area contributed by atoms with Crippen LogP contribution in [0.1, 0.15) is 12.0 Å². The molecular weight excluding hydrogens is 419 g/mol. The number of halogens is 3. The first-order valence-electron chi connectivity index (χ1n) is 8.82. The van der Waals surface area contributed by atoms with Crippen LogP contribution in [0.25, 0.3) is 0 Å². The number of amidine groups is 1. The second-order valence-corrected chi connectivity index (χ2v) is 7.57. The van der Waals surface area contributed by atoms with Crippen molar-refractivity contribution in [1.29, 1.82) is 0 Å². The van der Waals surface area contributed by atoms with Crippen LogP contribution in [0.5, 0.6) is 5.75 Å². The minimum Gasteiger partial charge on any atom is -0.495 e. The molecule has 2 aromatic rings. The van der Waals surface area contributed by atoms with E-state index in [2.05, 4.69) is 10.3 Å². The minimum atomic E-state index is -4.49. The van der Waals surface area contributed by atoms with Crippen LogP contribution in [-0.4, -0.2) is 41.3 Å². The molecule has 2 aromatic carbocycles. The monoisotopic (exact) mass is 437 g/mol. The molecule has 158 valence electrons. The van der Waals surface area contributed by atoms with Gasteiger partial charge in [-0.2, -0.15) is 13.2 Å². The average Bonchev–Trinajstić information content (AvgIpc) is 2.95. The van der Waals surface area contributed by atoms with Crippen LogP contribution in [0, 0.1) is 0 Å². The van der Waals surface area contributed by atoms with E-state index in [1.165, 1.54) is 31.2 Å². The number of rotatable bonds is 5. The van der Waals surface area contributed by atoms with Gasteiger partial charge in [-0.05, 0) is 30.3 Å². The molecule has 0 aromatic heterocycles. The summed E-state index contributed by atoms with van der Waals surface area (Å²) in [5.41, 5.74) is -0.271. The van der Waals surface area contributed by atoms with Gasteiger partial charge in [-0.25, -0.2) is 4.99 Å². The van der Waals surface area contributed by atoms with Crippen molar-refractivity contribution in [3.05, 3.63) is 54.1 Å². The smallest absolute Gasteiger partial charge is 0.416 e. The van der Waals surface area contributed by atoms with E-state index in [-0.39, 0.29) is 29.1 Å². The van der Waals surface area contributed by atoms with Gasteiger partial charge >= 0.3 is 6.18 Å². The molecule has 1 heterocycles. The summed E-state index contributed by atoms with van der Waals surface area (Å²) in [4.78, 5) is 30.3. The van der Waals surface area contributed by atoms with Crippen LogP contribution in [-0.2, 0) is 15.8 Å². The van der Waals surface area contributed by atoms with Crippen LogP contribution in [0.4, 0.5) is 24.5 Å². The first-order chi connectivity index (χ1) is 14.2. The van der Waals surface area contributed by atoms with Gasteiger partial charge in [0, 0.05) is 13.5 Å². The molecule has 0 radical (unpaired) electrons. The van der Waals surface area contributed by atoms with Gasteiger partial charge in [0.05, 0.1) is 24.0 Å². The lowest BCUT2D eigenvalue weighted by Gasteiger charge is -2.11. The Bertz CT molecular complexity index is 995. The third-order valence-electron chi connectivity index (χ3n) is 4.29. The van der Waals surface area contributed by atoms with Crippen molar-refractivity contribution in [3.8, 4) is 5.75 Å². The van der Waals surface area contributed by atoms with Gasteiger partial charge in [0.25, 0.3) is 0 Å². The number of amides is 2. The van der Waals surface area contributed by atoms with Gasteiger partial charge in [-0.1, -0.05) is 30.0 Å². The molecule has 1 N–H and O–H groups in total. The number of nitrogens with zero attached hydrogens (tertiary/aromatic N) is 2. The predicted molar refractivity (Wildman–Crippen MR) is 109 cm³/mol. The highest BCUT2D eigenvalue weighted by molar-refractivity contribution is 8.15. The summed E-state index contributed by atoms with van der Waals surface area (Å²) in [6.45, 7) is 0. The Kier molecular flexibility index (Phi) is 6.35. The molecule has 1 unspecified atom stereocenters. The van der Waals surface area contributed by atoms with E-state index in [1.54, 1.807) is 24.3 Å². The summed E-state index contributed by atoms with van der Waals surface area (Å²) in [6, 6.07) is 11.4. The lowest BCUT2D eigenvalue weighted by Crippen LogP contribution is -2.30. The topological polar surface area (TPSA) is 71.0 Å². The zero-order valence-corrected chi connectivity index (χ0v) is 16.9. The number of alkyl halides is 3. The SMILES string of the molecule is COc1ccccc1NC(=O)CC1SC(=Nc2cccc(C(F)(F)F)c2)N(C)C1=O. The quantitative estimate of drug-likeness (QED) is 0.757. The highest BCUT2D eigenvalue weighted by Crippen LogP contribution is 2.34. The zero-order chi connectivity index (χ0) is 21.9. The fourth-order valence-corrected chi connectivity index (χ4v) is 3.93. The van der Waals surface area contributed by atoms with E-state index in [0.29, 0.717) is 11.4 Å². The Labute approximate surface area is 175 Å². The van der Waals surface area contributed by atoms with Gasteiger partial charge in [-0.3, -0.25) is 14.5 Å². The Hall–Kier alpha value is -3.01. The van der Waals surface area contributed by atoms with Crippen LogP contribution in [0.2, 0.25) is 0 Å². The number of carbonyl (C=O) groups is 2. The lowest BCUT2D eigenvalue weighted by molar-refractivity contribution is -0.137. The molecule has 1 aliphatic heterocycles. The molecule has 30 heavy (non-hydrogen) atoms. The molecule has 1 atom stereocenters. The van der Waals surface area contributed by atoms with Crippen molar-refractivity contribution in [2.45, 2.75) is 17.8 Å². The molecule has 0 aliphatic carbocycles. The van der Waals surface area contributed by atoms with Crippen molar-refractivity contribution >= 4 is 40.1 Å². The summed E-state index contributed by atoms with van der Waals surface area (Å²) in [5, 5.41) is 2.20. The van der Waals surface area contributed by atoms with Crippen LogP contribution in [0.3, 0.4) is 0 Å². The molecule has 10 heteroatoms. The van der Waals surface area contributed by atoms with E-state index in [1.807, 2.05) is 0 Å². The summed E-state index contributed by atoms with van der Waals surface area (Å²) in [7, 11) is 2.95. The third-order valence-corrected chi connectivity index (χ3v) is 5.52. The van der Waals surface area contributed by atoms with E-state index in [4.69, 9.17) is 4.74 Å². The average molecular weight is 437 g/mol. The van der Waals surface area contributed by atoms with Gasteiger partial charge in [0.1, 0.15) is 11.0 Å². The number of benzene rings is 2. The maximum atomic E-state index is 12.9. The van der Waals surface area contributed by atoms with Crippen LogP contribution < -0.4 is 10.1 Å². The first-order valence-corrected chi connectivity index (χ1v) is 9.70. The fourth-order valence-electron chi connectivity index (χ4n) is 2.78. The van der Waals surface area contributed by atoms with Gasteiger partial charge in [0.15, 0.2) is 5.17 Å². The van der Waals surface area contributed by atoms with E-state index in [9.17, 15) is 22.8 Å². The Balaban J connectivity index is 1.71. The van der Waals surface area contributed by atoms with Crippen molar-refractivity contribution in [2.75, 3.05) is 19.5 Å². The molecule has 0 saturated carbocycles. The van der Waals surface area contributed by atoms with Crippen molar-refractivity contribution in [2.24, 2.45) is 4.99 Å².